The van der Waals surface area contributed by atoms with Crippen LogP contribution < -0.4 is 10.6 Å². The van der Waals surface area contributed by atoms with E-state index in [2.05, 4.69) is 25.8 Å². The monoisotopic (exact) mass is 299 g/mol. The van der Waals surface area contributed by atoms with Crippen molar-refractivity contribution in [1.29, 1.82) is 0 Å². The molecular formula is C13H25N5O3. The molecule has 21 heavy (non-hydrogen) atoms. The van der Waals surface area contributed by atoms with Crippen molar-refractivity contribution in [3.05, 3.63) is 11.7 Å². The molecule has 0 spiro atoms. The van der Waals surface area contributed by atoms with E-state index in [1.54, 1.807) is 14.0 Å². The van der Waals surface area contributed by atoms with Gasteiger partial charge < -0.3 is 24.6 Å². The molecule has 0 bridgehead atoms. The van der Waals surface area contributed by atoms with Crippen LogP contribution in [0.2, 0.25) is 0 Å². The number of methoxy groups -OCH3 is 1. The van der Waals surface area contributed by atoms with Crippen LogP contribution in [0, 0.1) is 6.92 Å². The highest BCUT2D eigenvalue weighted by Gasteiger charge is 2.02. The molecule has 1 rings (SSSR count). The van der Waals surface area contributed by atoms with Crippen LogP contribution in [0.25, 0.3) is 0 Å². The zero-order valence-electron chi connectivity index (χ0n) is 13.0. The highest BCUT2D eigenvalue weighted by atomic mass is 16.5. The molecule has 0 fully saturated rings. The third-order valence-electron chi connectivity index (χ3n) is 2.48. The van der Waals surface area contributed by atoms with Crippen molar-refractivity contribution in [3.63, 3.8) is 0 Å². The van der Waals surface area contributed by atoms with Crippen molar-refractivity contribution >= 4 is 5.96 Å². The Kier molecular flexibility index (Phi) is 9.14. The Morgan fingerprint density at radius 2 is 2.14 bits per heavy atom. The molecule has 120 valence electrons. The summed E-state index contributed by atoms with van der Waals surface area (Å²) in [5.41, 5.74) is 0. The molecule has 1 aromatic rings. The number of aliphatic imine (C=N–C) groups is 1. The summed E-state index contributed by atoms with van der Waals surface area (Å²) < 4.78 is 15.2. The normalized spacial score (nSPS) is 11.7. The average molecular weight is 299 g/mol. The second-order valence-electron chi connectivity index (χ2n) is 4.31. The first-order chi connectivity index (χ1) is 10.3. The van der Waals surface area contributed by atoms with E-state index in [-0.39, 0.29) is 0 Å². The van der Waals surface area contributed by atoms with Crippen molar-refractivity contribution in [1.82, 2.24) is 20.8 Å². The lowest BCUT2D eigenvalue weighted by molar-refractivity contribution is 0.0698. The second-order valence-corrected chi connectivity index (χ2v) is 4.31. The number of hydrogen-bond acceptors (Lipinski definition) is 6. The van der Waals surface area contributed by atoms with Crippen LogP contribution in [0.15, 0.2) is 9.52 Å². The molecular weight excluding hydrogens is 274 g/mol. The maximum atomic E-state index is 5.39. The van der Waals surface area contributed by atoms with Crippen molar-refractivity contribution in [2.45, 2.75) is 26.8 Å². The molecule has 0 unspecified atom stereocenters. The summed E-state index contributed by atoms with van der Waals surface area (Å²) in [5, 5.41) is 10.2. The maximum Gasteiger partial charge on any atom is 0.223 e. The second kappa shape index (κ2) is 11.0. The van der Waals surface area contributed by atoms with Gasteiger partial charge in [-0.2, -0.15) is 4.98 Å². The minimum absolute atomic E-state index is 0.386. The third kappa shape index (κ3) is 8.26. The van der Waals surface area contributed by atoms with Gasteiger partial charge in [-0.3, -0.25) is 0 Å². The van der Waals surface area contributed by atoms with E-state index in [0.717, 1.165) is 25.5 Å². The van der Waals surface area contributed by atoms with Crippen LogP contribution >= 0.6 is 0 Å². The summed E-state index contributed by atoms with van der Waals surface area (Å²) in [5.74, 6) is 1.86. The number of aromatic nitrogens is 2. The number of guanidine groups is 1. The number of rotatable bonds is 10. The smallest absolute Gasteiger partial charge is 0.223 e. The Bertz CT molecular complexity index is 408. The van der Waals surface area contributed by atoms with E-state index in [1.165, 1.54) is 0 Å². The van der Waals surface area contributed by atoms with Gasteiger partial charge in [0, 0.05) is 33.7 Å². The van der Waals surface area contributed by atoms with Gasteiger partial charge in [0.15, 0.2) is 11.8 Å². The lowest BCUT2D eigenvalue weighted by Gasteiger charge is -2.10. The predicted octanol–water partition coefficient (Wildman–Crippen LogP) is 0.486. The molecule has 2 N–H and O–H groups in total. The number of aryl methyl sites for hydroxylation is 1. The topological polar surface area (TPSA) is 93.8 Å². The van der Waals surface area contributed by atoms with Crippen LogP contribution in [-0.4, -0.2) is 56.1 Å². The lowest BCUT2D eigenvalue weighted by Crippen LogP contribution is -2.38. The van der Waals surface area contributed by atoms with Gasteiger partial charge in [-0.1, -0.05) is 5.16 Å². The number of nitrogens with zero attached hydrogens (tertiary/aromatic N) is 3. The number of hydrogen-bond donors (Lipinski definition) is 2. The molecule has 8 heteroatoms. The molecule has 0 aliphatic heterocycles. The fourth-order valence-corrected chi connectivity index (χ4v) is 1.52. The third-order valence-corrected chi connectivity index (χ3v) is 2.48. The Balaban J connectivity index is 2.22. The van der Waals surface area contributed by atoms with Gasteiger partial charge in [-0.05, 0) is 13.3 Å². The molecule has 8 nitrogen and oxygen atoms in total. The molecule has 0 aliphatic carbocycles. The van der Waals surface area contributed by atoms with Crippen LogP contribution in [0.3, 0.4) is 0 Å². The van der Waals surface area contributed by atoms with Gasteiger partial charge >= 0.3 is 0 Å². The minimum atomic E-state index is 0.386. The summed E-state index contributed by atoms with van der Waals surface area (Å²) in [4.78, 5) is 8.50. The van der Waals surface area contributed by atoms with E-state index in [0.29, 0.717) is 38.1 Å². The van der Waals surface area contributed by atoms with Crippen molar-refractivity contribution in [3.8, 4) is 0 Å². The zero-order chi connectivity index (χ0) is 15.3. The van der Waals surface area contributed by atoms with Crippen LogP contribution in [0.1, 0.15) is 25.1 Å². The summed E-state index contributed by atoms with van der Waals surface area (Å²) in [6.45, 7) is 7.68. The van der Waals surface area contributed by atoms with E-state index in [1.807, 2.05) is 6.92 Å². The van der Waals surface area contributed by atoms with E-state index >= 15 is 0 Å². The standard InChI is InChI=1S/C13H25N5O3/c1-4-14-13(15-6-5-7-20-9-8-19-3)16-10-12-17-11(2)21-18-12/h4-10H2,1-3H3,(H2,14,15,16). The molecule has 0 saturated carbocycles. The molecule has 0 saturated heterocycles. The molecule has 1 aromatic heterocycles. The van der Waals surface area contributed by atoms with E-state index in [4.69, 9.17) is 14.0 Å². The van der Waals surface area contributed by atoms with E-state index in [9.17, 15) is 0 Å². The fourth-order valence-electron chi connectivity index (χ4n) is 1.52. The Hall–Kier alpha value is -1.67. The van der Waals surface area contributed by atoms with Crippen molar-refractivity contribution in [2.75, 3.05) is 40.0 Å². The van der Waals surface area contributed by atoms with Crippen LogP contribution in [-0.2, 0) is 16.0 Å². The molecule has 1 heterocycles. The minimum Gasteiger partial charge on any atom is -0.382 e. The van der Waals surface area contributed by atoms with Gasteiger partial charge in [0.25, 0.3) is 0 Å². The molecule has 0 radical (unpaired) electrons. The van der Waals surface area contributed by atoms with Gasteiger partial charge in [-0.15, -0.1) is 0 Å². The number of nitrogens with one attached hydrogen (secondary N) is 2. The Morgan fingerprint density at radius 1 is 1.29 bits per heavy atom. The first-order valence-electron chi connectivity index (χ1n) is 7.14. The van der Waals surface area contributed by atoms with Crippen molar-refractivity contribution < 1.29 is 14.0 Å². The summed E-state index contributed by atoms with van der Waals surface area (Å²) >= 11 is 0. The quantitative estimate of drug-likeness (QED) is 0.369. The fraction of sp³-hybridized carbons (Fsp3) is 0.769. The first kappa shape index (κ1) is 17.4. The van der Waals surface area contributed by atoms with Crippen LogP contribution in [0.4, 0.5) is 0 Å². The van der Waals surface area contributed by atoms with Gasteiger partial charge in [0.1, 0.15) is 6.54 Å². The largest absolute Gasteiger partial charge is 0.382 e. The summed E-state index contributed by atoms with van der Waals surface area (Å²) in [7, 11) is 1.66. The maximum absolute atomic E-state index is 5.39. The van der Waals surface area contributed by atoms with Gasteiger partial charge in [-0.25, -0.2) is 4.99 Å². The van der Waals surface area contributed by atoms with Gasteiger partial charge in [0.2, 0.25) is 5.89 Å². The predicted molar refractivity (Wildman–Crippen MR) is 79.2 cm³/mol. The average Bonchev–Trinajstić information content (AvgIpc) is 2.89. The highest BCUT2D eigenvalue weighted by Crippen LogP contribution is 1.96. The van der Waals surface area contributed by atoms with E-state index < -0.39 is 0 Å². The SMILES string of the molecule is CCNC(=NCc1noc(C)n1)NCCCOCCOC. The summed E-state index contributed by atoms with van der Waals surface area (Å²) in [6, 6.07) is 0. The van der Waals surface area contributed by atoms with Crippen LogP contribution in [0.5, 0.6) is 0 Å². The first-order valence-corrected chi connectivity index (χ1v) is 7.14. The summed E-state index contributed by atoms with van der Waals surface area (Å²) in [6.07, 6.45) is 0.898. The molecule has 0 aromatic carbocycles. The van der Waals surface area contributed by atoms with Gasteiger partial charge in [0.05, 0.1) is 13.2 Å². The highest BCUT2D eigenvalue weighted by molar-refractivity contribution is 5.79. The molecule has 0 amide bonds. The Labute approximate surface area is 125 Å². The zero-order valence-corrected chi connectivity index (χ0v) is 13.0. The molecule has 0 aliphatic rings. The van der Waals surface area contributed by atoms with Crippen molar-refractivity contribution in [2.24, 2.45) is 4.99 Å². The number of ether oxygens (including phenoxy) is 2. The lowest BCUT2D eigenvalue weighted by atomic mass is 10.4. The molecule has 0 atom stereocenters. The Morgan fingerprint density at radius 3 is 2.81 bits per heavy atom.